The molecule has 2 aromatic rings. The number of halogens is 3. The van der Waals surface area contributed by atoms with E-state index in [2.05, 4.69) is 0 Å². The maximum atomic E-state index is 13.2. The Balaban J connectivity index is 2.04. The van der Waals surface area contributed by atoms with E-state index in [0.29, 0.717) is 35.3 Å². The summed E-state index contributed by atoms with van der Waals surface area (Å²) >= 11 is 0. The number of aryl methyl sites for hydroxylation is 1. The molecule has 146 valence electrons. The number of benzene rings is 2. The van der Waals surface area contributed by atoms with Gasteiger partial charge in [0.25, 0.3) is 0 Å². The van der Waals surface area contributed by atoms with E-state index in [-0.39, 0.29) is 11.4 Å². The van der Waals surface area contributed by atoms with Gasteiger partial charge in [0.1, 0.15) is 0 Å². The second kappa shape index (κ2) is 7.26. The number of rotatable bonds is 4. The third kappa shape index (κ3) is 4.02. The third-order valence-corrected chi connectivity index (χ3v) is 6.66. The molecule has 1 aliphatic heterocycles. The standard InChI is InChI=1S/C19H21F3N2O2S/c1-13-8-17(27(25,26)24-6-2-3-7-24)4-5-18(13)15-9-14(12-23)10-16(11-15)19(20,21)22/h4-5,8-11H,2-3,6-7,12,23H2,1H3. The first kappa shape index (κ1) is 19.9. The highest BCUT2D eigenvalue weighted by molar-refractivity contribution is 7.89. The van der Waals surface area contributed by atoms with Gasteiger partial charge in [0.2, 0.25) is 10.0 Å². The minimum Gasteiger partial charge on any atom is -0.326 e. The molecule has 1 heterocycles. The molecule has 0 unspecified atom stereocenters. The van der Waals surface area contributed by atoms with Crippen LogP contribution in [0.5, 0.6) is 0 Å². The predicted molar refractivity (Wildman–Crippen MR) is 97.5 cm³/mol. The van der Waals surface area contributed by atoms with Crippen molar-refractivity contribution in [2.45, 2.75) is 37.4 Å². The van der Waals surface area contributed by atoms with Crippen molar-refractivity contribution in [3.8, 4) is 11.1 Å². The van der Waals surface area contributed by atoms with E-state index < -0.39 is 21.8 Å². The van der Waals surface area contributed by atoms with Crippen LogP contribution in [-0.2, 0) is 22.7 Å². The number of nitrogens with two attached hydrogens (primary N) is 1. The van der Waals surface area contributed by atoms with Gasteiger partial charge in [-0.15, -0.1) is 0 Å². The van der Waals surface area contributed by atoms with Crippen molar-refractivity contribution in [3.63, 3.8) is 0 Å². The lowest BCUT2D eigenvalue weighted by Gasteiger charge is -2.17. The molecule has 0 bridgehead atoms. The third-order valence-electron chi connectivity index (χ3n) is 4.77. The van der Waals surface area contributed by atoms with Gasteiger partial charge >= 0.3 is 6.18 Å². The lowest BCUT2D eigenvalue weighted by Crippen LogP contribution is -2.27. The van der Waals surface area contributed by atoms with Crippen molar-refractivity contribution in [2.75, 3.05) is 13.1 Å². The van der Waals surface area contributed by atoms with Gasteiger partial charge in [0.05, 0.1) is 10.5 Å². The Morgan fingerprint density at radius 1 is 1.07 bits per heavy atom. The van der Waals surface area contributed by atoms with Gasteiger partial charge in [0.15, 0.2) is 0 Å². The molecule has 2 N–H and O–H groups in total. The number of alkyl halides is 3. The van der Waals surface area contributed by atoms with Crippen LogP contribution in [0.2, 0.25) is 0 Å². The molecule has 3 rings (SSSR count). The molecule has 27 heavy (non-hydrogen) atoms. The maximum Gasteiger partial charge on any atom is 0.416 e. The molecule has 0 aliphatic carbocycles. The second-order valence-corrected chi connectivity index (χ2v) is 8.65. The van der Waals surface area contributed by atoms with Gasteiger partial charge in [-0.1, -0.05) is 6.07 Å². The minimum atomic E-state index is -4.48. The number of nitrogens with zero attached hydrogens (tertiary/aromatic N) is 1. The number of hydrogen-bond acceptors (Lipinski definition) is 3. The Morgan fingerprint density at radius 3 is 2.30 bits per heavy atom. The summed E-state index contributed by atoms with van der Waals surface area (Å²) in [6, 6.07) is 8.24. The smallest absolute Gasteiger partial charge is 0.326 e. The van der Waals surface area contributed by atoms with Crippen molar-refractivity contribution in [1.29, 1.82) is 0 Å². The maximum absolute atomic E-state index is 13.2. The number of sulfonamides is 1. The Morgan fingerprint density at radius 2 is 1.74 bits per heavy atom. The molecule has 0 spiro atoms. The van der Waals surface area contributed by atoms with Gasteiger partial charge in [-0.25, -0.2) is 8.42 Å². The van der Waals surface area contributed by atoms with Crippen LogP contribution in [0.25, 0.3) is 11.1 Å². The van der Waals surface area contributed by atoms with Gasteiger partial charge in [-0.2, -0.15) is 17.5 Å². The molecule has 0 radical (unpaired) electrons. The SMILES string of the molecule is Cc1cc(S(=O)(=O)N2CCCC2)ccc1-c1cc(CN)cc(C(F)(F)F)c1. The summed E-state index contributed by atoms with van der Waals surface area (Å²) in [4.78, 5) is 0.164. The fourth-order valence-corrected chi connectivity index (χ4v) is 4.93. The first-order chi connectivity index (χ1) is 12.6. The molecule has 2 aromatic carbocycles. The molecular formula is C19H21F3N2O2S. The molecule has 1 saturated heterocycles. The Hall–Kier alpha value is -1.90. The van der Waals surface area contributed by atoms with Crippen LogP contribution >= 0.6 is 0 Å². The van der Waals surface area contributed by atoms with Crippen LogP contribution in [-0.4, -0.2) is 25.8 Å². The molecule has 0 amide bonds. The fourth-order valence-electron chi connectivity index (χ4n) is 3.33. The van der Waals surface area contributed by atoms with Crippen LogP contribution in [0.4, 0.5) is 13.2 Å². The van der Waals surface area contributed by atoms with Gasteiger partial charge in [-0.3, -0.25) is 0 Å². The largest absolute Gasteiger partial charge is 0.416 e. The quantitative estimate of drug-likeness (QED) is 0.849. The van der Waals surface area contributed by atoms with E-state index >= 15 is 0 Å². The Bertz CT molecular complexity index is 950. The van der Waals surface area contributed by atoms with Crippen molar-refractivity contribution < 1.29 is 21.6 Å². The van der Waals surface area contributed by atoms with Crippen molar-refractivity contribution in [3.05, 3.63) is 53.1 Å². The van der Waals surface area contributed by atoms with Crippen molar-refractivity contribution in [1.82, 2.24) is 4.31 Å². The monoisotopic (exact) mass is 398 g/mol. The van der Waals surface area contributed by atoms with E-state index in [1.165, 1.54) is 16.4 Å². The molecular weight excluding hydrogens is 377 g/mol. The first-order valence-corrected chi connectivity index (χ1v) is 10.1. The van der Waals surface area contributed by atoms with Gasteiger partial charge < -0.3 is 5.73 Å². The average Bonchev–Trinajstić information content (AvgIpc) is 3.16. The molecule has 1 aliphatic rings. The van der Waals surface area contributed by atoms with Crippen LogP contribution in [0.1, 0.15) is 29.5 Å². The zero-order valence-electron chi connectivity index (χ0n) is 14.9. The molecule has 0 atom stereocenters. The predicted octanol–water partition coefficient (Wildman–Crippen LogP) is 3.92. The second-order valence-electron chi connectivity index (χ2n) is 6.71. The summed E-state index contributed by atoms with van der Waals surface area (Å²) in [6.07, 6.45) is -2.81. The van der Waals surface area contributed by atoms with E-state index in [1.54, 1.807) is 19.1 Å². The normalized spacial score (nSPS) is 16.0. The molecule has 8 heteroatoms. The van der Waals surface area contributed by atoms with Gasteiger partial charge in [-0.05, 0) is 72.4 Å². The highest BCUT2D eigenvalue weighted by Crippen LogP contribution is 2.35. The topological polar surface area (TPSA) is 63.4 Å². The van der Waals surface area contributed by atoms with Crippen molar-refractivity contribution >= 4 is 10.0 Å². The van der Waals surface area contributed by atoms with Crippen molar-refractivity contribution in [2.24, 2.45) is 5.73 Å². The highest BCUT2D eigenvalue weighted by atomic mass is 32.2. The van der Waals surface area contributed by atoms with Crippen LogP contribution in [0, 0.1) is 6.92 Å². The highest BCUT2D eigenvalue weighted by Gasteiger charge is 2.31. The van der Waals surface area contributed by atoms with E-state index in [4.69, 9.17) is 5.73 Å². The Kier molecular flexibility index (Phi) is 5.33. The molecule has 4 nitrogen and oxygen atoms in total. The minimum absolute atomic E-state index is 0.0165. The summed E-state index contributed by atoms with van der Waals surface area (Å²) in [5.41, 5.74) is 6.66. The van der Waals surface area contributed by atoms with Crippen LogP contribution < -0.4 is 5.73 Å². The lowest BCUT2D eigenvalue weighted by molar-refractivity contribution is -0.137. The average molecular weight is 398 g/mol. The van der Waals surface area contributed by atoms with Gasteiger partial charge in [0, 0.05) is 19.6 Å². The van der Waals surface area contributed by atoms with E-state index in [1.807, 2.05) is 0 Å². The van der Waals surface area contributed by atoms with Crippen LogP contribution in [0.15, 0.2) is 41.3 Å². The first-order valence-electron chi connectivity index (χ1n) is 8.65. The zero-order chi connectivity index (χ0) is 19.8. The summed E-state index contributed by atoms with van der Waals surface area (Å²) in [7, 11) is -3.57. The summed E-state index contributed by atoms with van der Waals surface area (Å²) in [5.74, 6) is 0. The van der Waals surface area contributed by atoms with Crippen LogP contribution in [0.3, 0.4) is 0 Å². The molecule has 1 fully saturated rings. The summed E-state index contributed by atoms with van der Waals surface area (Å²) in [5, 5.41) is 0. The lowest BCUT2D eigenvalue weighted by atomic mass is 9.96. The summed E-state index contributed by atoms with van der Waals surface area (Å²) < 4.78 is 66.3. The summed E-state index contributed by atoms with van der Waals surface area (Å²) in [6.45, 7) is 2.67. The number of hydrogen-bond donors (Lipinski definition) is 1. The zero-order valence-corrected chi connectivity index (χ0v) is 15.7. The molecule has 0 aromatic heterocycles. The van der Waals surface area contributed by atoms with E-state index in [0.717, 1.165) is 25.0 Å². The Labute approximate surface area is 156 Å². The molecule has 0 saturated carbocycles. The van der Waals surface area contributed by atoms with E-state index in [9.17, 15) is 21.6 Å². The fraction of sp³-hybridized carbons (Fsp3) is 0.368.